The highest BCUT2D eigenvalue weighted by Gasteiger charge is 2.20. The largest absolute Gasteiger partial charge is 0.493 e. The van der Waals surface area contributed by atoms with E-state index in [1.165, 1.54) is 24.3 Å². The smallest absolute Gasteiger partial charge is 0.339 e. The summed E-state index contributed by atoms with van der Waals surface area (Å²) in [6.07, 6.45) is 1.53. The van der Waals surface area contributed by atoms with Crippen molar-refractivity contribution < 1.29 is 30.6 Å². The molecule has 31 heavy (non-hydrogen) atoms. The summed E-state index contributed by atoms with van der Waals surface area (Å²) < 4.78 is 59.2. The molecule has 0 aliphatic heterocycles. The number of ether oxygens (including phenoxy) is 1. The van der Waals surface area contributed by atoms with Gasteiger partial charge in [-0.25, -0.2) is 8.42 Å². The van der Waals surface area contributed by atoms with Crippen LogP contribution in [0, 0.1) is 6.92 Å². The van der Waals surface area contributed by atoms with Crippen LogP contribution in [0.2, 0.25) is 0 Å². The summed E-state index contributed by atoms with van der Waals surface area (Å²) in [5, 5.41) is 3.37. The van der Waals surface area contributed by atoms with E-state index in [1.54, 1.807) is 19.1 Å². The maximum atomic E-state index is 12.5. The number of halogens is 1. The monoisotopic (exact) mass is 493 g/mol. The molecular formula is C18H24ClN3O7S2. The van der Waals surface area contributed by atoms with Gasteiger partial charge < -0.3 is 25.2 Å². The van der Waals surface area contributed by atoms with Crippen LogP contribution < -0.4 is 20.4 Å². The van der Waals surface area contributed by atoms with Crippen LogP contribution in [0.3, 0.4) is 0 Å². The van der Waals surface area contributed by atoms with E-state index >= 15 is 0 Å². The van der Waals surface area contributed by atoms with Gasteiger partial charge in [0.1, 0.15) is 23.0 Å². The number of benzene rings is 2. The SMILES string of the molecule is Cc1cc(S(C)(=O)=O)cc(S(=O)(=O)Oc2ccc(OCCCON=C(N)N)cc2)c1.Cl. The van der Waals surface area contributed by atoms with Crippen molar-refractivity contribution in [2.24, 2.45) is 16.6 Å². The maximum Gasteiger partial charge on any atom is 0.339 e. The van der Waals surface area contributed by atoms with Crippen molar-refractivity contribution in [1.29, 1.82) is 0 Å². The Morgan fingerprint density at radius 2 is 1.52 bits per heavy atom. The molecule has 2 aromatic carbocycles. The molecule has 0 fully saturated rings. The first-order valence-electron chi connectivity index (χ1n) is 8.67. The lowest BCUT2D eigenvalue weighted by molar-refractivity contribution is 0.127. The summed E-state index contributed by atoms with van der Waals surface area (Å²) in [5.74, 6) is 0.386. The van der Waals surface area contributed by atoms with Crippen LogP contribution in [0.15, 0.2) is 57.4 Å². The molecule has 0 saturated heterocycles. The summed E-state index contributed by atoms with van der Waals surface area (Å²) >= 11 is 0. The molecule has 4 N–H and O–H groups in total. The lowest BCUT2D eigenvalue weighted by Crippen LogP contribution is -2.23. The number of nitrogens with two attached hydrogens (primary N) is 2. The Balaban J connectivity index is 0.00000480. The van der Waals surface area contributed by atoms with Crippen LogP contribution in [0.1, 0.15) is 12.0 Å². The third-order valence-corrected chi connectivity index (χ3v) is 5.91. The Hall–Kier alpha value is -2.70. The van der Waals surface area contributed by atoms with Crippen molar-refractivity contribution in [3.63, 3.8) is 0 Å². The summed E-state index contributed by atoms with van der Waals surface area (Å²) in [6, 6.07) is 9.74. The van der Waals surface area contributed by atoms with E-state index in [4.69, 9.17) is 25.2 Å². The minimum atomic E-state index is -4.22. The molecule has 0 bridgehead atoms. The van der Waals surface area contributed by atoms with Crippen LogP contribution in [-0.2, 0) is 24.8 Å². The molecule has 0 unspecified atom stereocenters. The fourth-order valence-corrected chi connectivity index (χ4v) is 4.15. The molecule has 2 rings (SSSR count). The van der Waals surface area contributed by atoms with Gasteiger partial charge in [0.25, 0.3) is 0 Å². The second-order valence-electron chi connectivity index (χ2n) is 6.31. The average Bonchev–Trinajstić information content (AvgIpc) is 2.64. The van der Waals surface area contributed by atoms with Crippen molar-refractivity contribution in [2.75, 3.05) is 19.5 Å². The van der Waals surface area contributed by atoms with Crippen molar-refractivity contribution in [3.8, 4) is 11.5 Å². The number of guanidine groups is 1. The minimum Gasteiger partial charge on any atom is -0.493 e. The van der Waals surface area contributed by atoms with Gasteiger partial charge in [-0.15, -0.1) is 12.4 Å². The van der Waals surface area contributed by atoms with Crippen LogP contribution in [0.4, 0.5) is 0 Å². The first-order chi connectivity index (χ1) is 14.0. The number of sulfone groups is 1. The molecule has 172 valence electrons. The molecule has 0 saturated carbocycles. The third-order valence-electron chi connectivity index (χ3n) is 3.59. The summed E-state index contributed by atoms with van der Waals surface area (Å²) in [4.78, 5) is 4.47. The Labute approximate surface area is 187 Å². The number of nitrogens with zero attached hydrogens (tertiary/aromatic N) is 1. The normalized spacial score (nSPS) is 11.2. The van der Waals surface area contributed by atoms with E-state index in [2.05, 4.69) is 5.16 Å². The van der Waals surface area contributed by atoms with Crippen molar-refractivity contribution in [3.05, 3.63) is 48.0 Å². The lowest BCUT2D eigenvalue weighted by Gasteiger charge is -2.10. The van der Waals surface area contributed by atoms with E-state index in [0.29, 0.717) is 24.3 Å². The van der Waals surface area contributed by atoms with Crippen molar-refractivity contribution >= 4 is 38.3 Å². The van der Waals surface area contributed by atoms with Gasteiger partial charge in [-0.05, 0) is 60.1 Å². The molecular weight excluding hydrogens is 470 g/mol. The number of rotatable bonds is 10. The van der Waals surface area contributed by atoms with Crippen LogP contribution in [-0.4, -0.2) is 42.3 Å². The predicted molar refractivity (Wildman–Crippen MR) is 118 cm³/mol. The molecule has 0 heterocycles. The van der Waals surface area contributed by atoms with Gasteiger partial charge in [0.05, 0.1) is 11.5 Å². The van der Waals surface area contributed by atoms with Gasteiger partial charge in [0.15, 0.2) is 9.84 Å². The van der Waals surface area contributed by atoms with Gasteiger partial charge in [-0.3, -0.25) is 0 Å². The molecule has 0 aliphatic rings. The van der Waals surface area contributed by atoms with E-state index in [-0.39, 0.29) is 40.5 Å². The molecule has 0 aliphatic carbocycles. The highest BCUT2D eigenvalue weighted by Crippen LogP contribution is 2.24. The Morgan fingerprint density at radius 1 is 0.935 bits per heavy atom. The van der Waals surface area contributed by atoms with Gasteiger partial charge >= 0.3 is 10.1 Å². The Kier molecular flexibility index (Phi) is 9.40. The number of aryl methyl sites for hydroxylation is 1. The number of hydrogen-bond donors (Lipinski definition) is 2. The zero-order chi connectivity index (χ0) is 22.4. The summed E-state index contributed by atoms with van der Waals surface area (Å²) in [7, 11) is -7.79. The highest BCUT2D eigenvalue weighted by atomic mass is 35.5. The first-order valence-corrected chi connectivity index (χ1v) is 12.0. The van der Waals surface area contributed by atoms with Gasteiger partial charge in [0.2, 0.25) is 5.96 Å². The van der Waals surface area contributed by atoms with E-state index in [1.807, 2.05) is 0 Å². The fraction of sp³-hybridized carbons (Fsp3) is 0.278. The second-order valence-corrected chi connectivity index (χ2v) is 9.88. The minimum absolute atomic E-state index is 0. The number of oxime groups is 1. The van der Waals surface area contributed by atoms with Crippen LogP contribution >= 0.6 is 12.4 Å². The van der Waals surface area contributed by atoms with Crippen molar-refractivity contribution in [2.45, 2.75) is 23.1 Å². The quantitative estimate of drug-likeness (QED) is 0.164. The Morgan fingerprint density at radius 3 is 2.10 bits per heavy atom. The average molecular weight is 494 g/mol. The molecule has 0 spiro atoms. The van der Waals surface area contributed by atoms with Gasteiger partial charge in [-0.1, -0.05) is 0 Å². The zero-order valence-electron chi connectivity index (χ0n) is 16.8. The van der Waals surface area contributed by atoms with Gasteiger partial charge in [-0.2, -0.15) is 8.42 Å². The second kappa shape index (κ2) is 11.1. The first kappa shape index (κ1) is 26.3. The number of hydrogen-bond acceptors (Lipinski definition) is 8. The maximum absolute atomic E-state index is 12.5. The van der Waals surface area contributed by atoms with E-state index in [9.17, 15) is 16.8 Å². The van der Waals surface area contributed by atoms with E-state index in [0.717, 1.165) is 12.3 Å². The molecule has 0 aromatic heterocycles. The van der Waals surface area contributed by atoms with Crippen molar-refractivity contribution in [1.82, 2.24) is 0 Å². The highest BCUT2D eigenvalue weighted by molar-refractivity contribution is 7.90. The summed E-state index contributed by atoms with van der Waals surface area (Å²) in [5.41, 5.74) is 10.7. The topological polar surface area (TPSA) is 160 Å². The molecule has 0 amide bonds. The third kappa shape index (κ3) is 8.52. The fourth-order valence-electron chi connectivity index (χ4n) is 2.27. The van der Waals surface area contributed by atoms with Crippen LogP contribution in [0.5, 0.6) is 11.5 Å². The molecule has 2 aromatic rings. The molecule has 0 atom stereocenters. The molecule has 10 nitrogen and oxygen atoms in total. The standard InChI is InChI=1S/C18H23N3O7S2.ClH/c1-13-10-16(29(2,22)23)12-17(11-13)30(24,25)28-15-6-4-14(5-7-15)26-8-3-9-27-21-18(19)20;/h4-7,10-12H,3,8-9H2,1-2H3,(H4,19,20,21);1H. The molecule has 13 heteroatoms. The predicted octanol–water partition coefficient (Wildman–Crippen LogP) is 1.56. The van der Waals surface area contributed by atoms with Crippen LogP contribution in [0.25, 0.3) is 0 Å². The lowest BCUT2D eigenvalue weighted by atomic mass is 10.2. The summed E-state index contributed by atoms with van der Waals surface area (Å²) in [6.45, 7) is 2.20. The van der Waals surface area contributed by atoms with Gasteiger partial charge in [0, 0.05) is 12.7 Å². The Bertz CT molecular complexity index is 1120. The van der Waals surface area contributed by atoms with E-state index < -0.39 is 20.0 Å². The molecule has 0 radical (unpaired) electrons. The zero-order valence-corrected chi connectivity index (χ0v) is 19.3.